The first-order valence-corrected chi connectivity index (χ1v) is 6.33. The van der Waals surface area contributed by atoms with E-state index in [1.54, 1.807) is 36.3 Å². The van der Waals surface area contributed by atoms with Gasteiger partial charge in [-0.3, -0.25) is 9.78 Å². The van der Waals surface area contributed by atoms with Crippen LogP contribution < -0.4 is 10.2 Å². The third-order valence-corrected chi connectivity index (χ3v) is 3.14. The Morgan fingerprint density at radius 3 is 2.80 bits per heavy atom. The first kappa shape index (κ1) is 12.5. The molecule has 0 atom stereocenters. The second-order valence-corrected chi connectivity index (χ2v) is 4.61. The Hall–Kier alpha value is -2.54. The van der Waals surface area contributed by atoms with Crippen molar-refractivity contribution in [2.45, 2.75) is 0 Å². The molecule has 1 saturated heterocycles. The summed E-state index contributed by atoms with van der Waals surface area (Å²) in [6.07, 6.45) is 6.70. The van der Waals surface area contributed by atoms with Crippen LogP contribution in [0, 0.1) is 0 Å². The van der Waals surface area contributed by atoms with Gasteiger partial charge in [0, 0.05) is 25.6 Å². The lowest BCUT2D eigenvalue weighted by atomic mass is 10.3. The topological polar surface area (TPSA) is 63.1 Å². The number of thiocarbonyl (C=S) groups is 1. The number of nitrogens with one attached hydrogen (secondary N) is 1. The van der Waals surface area contributed by atoms with Gasteiger partial charge < -0.3 is 9.88 Å². The summed E-state index contributed by atoms with van der Waals surface area (Å²) in [5.41, 5.74) is 1.07. The number of anilines is 1. The molecule has 0 aromatic carbocycles. The summed E-state index contributed by atoms with van der Waals surface area (Å²) in [7, 11) is 1.80. The molecule has 2 aromatic heterocycles. The second kappa shape index (κ2) is 4.86. The van der Waals surface area contributed by atoms with Crippen LogP contribution in [0.4, 0.5) is 5.95 Å². The van der Waals surface area contributed by atoms with Crippen molar-refractivity contribution in [2.24, 2.45) is 7.05 Å². The molecule has 100 valence electrons. The fourth-order valence-corrected chi connectivity index (χ4v) is 2.17. The lowest BCUT2D eigenvalue weighted by Gasteiger charge is -2.12. The maximum Gasteiger partial charge on any atom is 0.283 e. The Morgan fingerprint density at radius 2 is 2.15 bits per heavy atom. The van der Waals surface area contributed by atoms with Crippen LogP contribution in [0.5, 0.6) is 0 Å². The van der Waals surface area contributed by atoms with E-state index in [2.05, 4.69) is 15.3 Å². The van der Waals surface area contributed by atoms with E-state index < -0.39 is 0 Å². The molecule has 0 saturated carbocycles. The Labute approximate surface area is 120 Å². The van der Waals surface area contributed by atoms with E-state index >= 15 is 0 Å². The van der Waals surface area contributed by atoms with Crippen LogP contribution >= 0.6 is 12.2 Å². The maximum absolute atomic E-state index is 12.4. The summed E-state index contributed by atoms with van der Waals surface area (Å²) in [6.45, 7) is 0. The van der Waals surface area contributed by atoms with Crippen molar-refractivity contribution in [2.75, 3.05) is 4.90 Å². The molecule has 2 aromatic rings. The first-order chi connectivity index (χ1) is 9.66. The zero-order valence-corrected chi connectivity index (χ0v) is 11.5. The molecule has 1 aliphatic heterocycles. The van der Waals surface area contributed by atoms with Crippen molar-refractivity contribution in [1.82, 2.24) is 19.9 Å². The monoisotopic (exact) mass is 285 g/mol. The molecule has 1 N–H and O–H groups in total. The molecule has 0 spiro atoms. The number of aryl methyl sites for hydroxylation is 1. The number of nitrogens with zero attached hydrogens (tertiary/aromatic N) is 4. The number of pyridine rings is 1. The third-order valence-electron chi connectivity index (χ3n) is 2.85. The fourth-order valence-electron chi connectivity index (χ4n) is 1.90. The summed E-state index contributed by atoms with van der Waals surface area (Å²) in [4.78, 5) is 22.1. The highest BCUT2D eigenvalue weighted by atomic mass is 32.1. The number of rotatable bonds is 2. The largest absolute Gasteiger partial charge is 0.327 e. The Morgan fingerprint density at radius 1 is 1.30 bits per heavy atom. The zero-order chi connectivity index (χ0) is 14.1. The van der Waals surface area contributed by atoms with Gasteiger partial charge >= 0.3 is 0 Å². The smallest absolute Gasteiger partial charge is 0.283 e. The van der Waals surface area contributed by atoms with Gasteiger partial charge in [-0.05, 0) is 30.4 Å². The number of carbonyl (C=O) groups is 1. The lowest BCUT2D eigenvalue weighted by Crippen LogP contribution is -2.32. The van der Waals surface area contributed by atoms with Crippen LogP contribution in [0.3, 0.4) is 0 Å². The summed E-state index contributed by atoms with van der Waals surface area (Å²) in [6, 6.07) is 5.48. The standard InChI is InChI=1S/C13H11N5OS/c1-17-7-6-15-12(17)18-11(19)10(16-13(18)20)8-9-4-2-3-5-14-9/h2-8H,1H3,(H,16,20)/b10-8-. The number of aromatic nitrogens is 3. The van der Waals surface area contributed by atoms with Crippen LogP contribution in [-0.2, 0) is 11.8 Å². The SMILES string of the molecule is Cn1ccnc1N1C(=O)/C(=C/c2ccccn2)NC1=S. The van der Waals surface area contributed by atoms with Gasteiger partial charge in [0.25, 0.3) is 5.91 Å². The molecular formula is C13H11N5OS. The second-order valence-electron chi connectivity index (χ2n) is 4.22. The average molecular weight is 285 g/mol. The van der Waals surface area contributed by atoms with Crippen LogP contribution in [0.1, 0.15) is 5.69 Å². The first-order valence-electron chi connectivity index (χ1n) is 5.92. The molecule has 1 fully saturated rings. The van der Waals surface area contributed by atoms with E-state index in [1.165, 1.54) is 4.90 Å². The quantitative estimate of drug-likeness (QED) is 0.661. The molecule has 0 unspecified atom stereocenters. The van der Waals surface area contributed by atoms with E-state index in [9.17, 15) is 4.79 Å². The third kappa shape index (κ3) is 2.08. The van der Waals surface area contributed by atoms with Gasteiger partial charge in [-0.2, -0.15) is 0 Å². The molecule has 1 aliphatic rings. The predicted octanol–water partition coefficient (Wildman–Crippen LogP) is 1.08. The molecule has 20 heavy (non-hydrogen) atoms. The van der Waals surface area contributed by atoms with Crippen molar-refractivity contribution in [3.05, 3.63) is 48.2 Å². The van der Waals surface area contributed by atoms with Crippen molar-refractivity contribution < 1.29 is 4.79 Å². The molecule has 0 bridgehead atoms. The highest BCUT2D eigenvalue weighted by Gasteiger charge is 2.34. The van der Waals surface area contributed by atoms with Crippen LogP contribution in [0.15, 0.2) is 42.5 Å². The van der Waals surface area contributed by atoms with Crippen molar-refractivity contribution in [3.8, 4) is 0 Å². The van der Waals surface area contributed by atoms with Gasteiger partial charge in [0.05, 0.1) is 5.69 Å². The van der Waals surface area contributed by atoms with Gasteiger partial charge in [0.1, 0.15) is 5.70 Å². The number of amides is 1. The Balaban J connectivity index is 1.95. The minimum absolute atomic E-state index is 0.241. The highest BCUT2D eigenvalue weighted by molar-refractivity contribution is 7.80. The minimum atomic E-state index is -0.241. The van der Waals surface area contributed by atoms with E-state index in [4.69, 9.17) is 12.2 Å². The van der Waals surface area contributed by atoms with E-state index in [1.807, 2.05) is 18.2 Å². The predicted molar refractivity (Wildman–Crippen MR) is 78.6 cm³/mol. The fraction of sp³-hybridized carbons (Fsp3) is 0.0769. The van der Waals surface area contributed by atoms with Gasteiger partial charge in [-0.15, -0.1) is 0 Å². The van der Waals surface area contributed by atoms with Gasteiger partial charge in [-0.25, -0.2) is 9.88 Å². The van der Waals surface area contributed by atoms with Gasteiger partial charge in [0.15, 0.2) is 5.11 Å². The normalized spacial score (nSPS) is 16.9. The van der Waals surface area contributed by atoms with Crippen LogP contribution in [0.2, 0.25) is 0 Å². The van der Waals surface area contributed by atoms with Crippen LogP contribution in [0.25, 0.3) is 6.08 Å². The van der Waals surface area contributed by atoms with Crippen molar-refractivity contribution >= 4 is 35.3 Å². The average Bonchev–Trinajstić information content (AvgIpc) is 2.96. The highest BCUT2D eigenvalue weighted by Crippen LogP contribution is 2.19. The molecule has 0 aliphatic carbocycles. The molecule has 0 radical (unpaired) electrons. The molecule has 3 rings (SSSR count). The summed E-state index contributed by atoms with van der Waals surface area (Å²) >= 11 is 5.20. The Kier molecular flexibility index (Phi) is 3.03. The maximum atomic E-state index is 12.4. The van der Waals surface area contributed by atoms with Crippen LogP contribution in [-0.4, -0.2) is 25.6 Å². The molecule has 3 heterocycles. The lowest BCUT2D eigenvalue weighted by molar-refractivity contribution is -0.113. The number of hydrogen-bond acceptors (Lipinski definition) is 4. The summed E-state index contributed by atoms with van der Waals surface area (Å²) in [5.74, 6) is 0.242. The molecule has 1 amide bonds. The van der Waals surface area contributed by atoms with E-state index in [0.717, 1.165) is 0 Å². The molecular weight excluding hydrogens is 274 g/mol. The molecule has 6 nitrogen and oxygen atoms in total. The van der Waals surface area contributed by atoms with Crippen molar-refractivity contribution in [3.63, 3.8) is 0 Å². The minimum Gasteiger partial charge on any atom is -0.327 e. The summed E-state index contributed by atoms with van der Waals surface area (Å²) in [5, 5.41) is 3.20. The zero-order valence-electron chi connectivity index (χ0n) is 10.6. The van der Waals surface area contributed by atoms with E-state index in [-0.39, 0.29) is 5.91 Å². The number of carbonyl (C=O) groups excluding carboxylic acids is 1. The molecule has 7 heteroatoms. The Bertz CT molecular complexity index is 707. The van der Waals surface area contributed by atoms with Crippen molar-refractivity contribution in [1.29, 1.82) is 0 Å². The summed E-state index contributed by atoms with van der Waals surface area (Å²) < 4.78 is 1.73. The van der Waals surface area contributed by atoms with E-state index in [0.29, 0.717) is 22.5 Å². The van der Waals surface area contributed by atoms with Gasteiger partial charge in [-0.1, -0.05) is 6.07 Å². The number of hydrogen-bond donors (Lipinski definition) is 1. The van der Waals surface area contributed by atoms with Gasteiger partial charge in [0.2, 0.25) is 5.95 Å². The number of imidazole rings is 1.